The summed E-state index contributed by atoms with van der Waals surface area (Å²) in [6, 6.07) is 9.83. The highest BCUT2D eigenvalue weighted by Gasteiger charge is 2.09. The van der Waals surface area contributed by atoms with Crippen LogP contribution in [-0.4, -0.2) is 10.8 Å². The molecule has 1 amide bonds. The van der Waals surface area contributed by atoms with E-state index in [4.69, 9.17) is 5.73 Å². The molecule has 0 aliphatic heterocycles. The zero-order valence-electron chi connectivity index (χ0n) is 10.9. The summed E-state index contributed by atoms with van der Waals surface area (Å²) < 4.78 is 13.3. The Balaban J connectivity index is 2.14. The number of amides is 1. The fraction of sp³-hybridized carbons (Fsp3) is 0.0714. The minimum Gasteiger partial charge on any atom is -0.381 e. The van der Waals surface area contributed by atoms with Crippen molar-refractivity contribution in [3.8, 4) is 0 Å². The average molecular weight is 289 g/mol. The molecule has 0 atom stereocenters. The maximum absolute atomic E-state index is 13.3. The summed E-state index contributed by atoms with van der Waals surface area (Å²) in [6.45, 7) is 0.181. The lowest BCUT2D eigenvalue weighted by atomic mass is 10.1. The number of carbonyl (C=O) groups is 1. The lowest BCUT2D eigenvalue weighted by Gasteiger charge is -2.07. The van der Waals surface area contributed by atoms with Crippen LogP contribution in [-0.2, 0) is 6.54 Å². The molecule has 0 unspecified atom stereocenters. The van der Waals surface area contributed by atoms with Gasteiger partial charge in [-0.2, -0.15) is 0 Å². The van der Waals surface area contributed by atoms with E-state index in [-0.39, 0.29) is 12.2 Å². The van der Waals surface area contributed by atoms with E-state index in [1.54, 1.807) is 24.3 Å². The fourth-order valence-electron chi connectivity index (χ4n) is 1.83. The van der Waals surface area contributed by atoms with Gasteiger partial charge in [-0.3, -0.25) is 14.9 Å². The molecule has 2 rings (SSSR count). The van der Waals surface area contributed by atoms with E-state index in [1.165, 1.54) is 12.1 Å². The Labute approximate surface area is 119 Å². The van der Waals surface area contributed by atoms with E-state index >= 15 is 0 Å². The highest BCUT2D eigenvalue weighted by atomic mass is 19.1. The van der Waals surface area contributed by atoms with Gasteiger partial charge in [0, 0.05) is 23.9 Å². The molecule has 0 aliphatic carbocycles. The van der Waals surface area contributed by atoms with Gasteiger partial charge in [-0.1, -0.05) is 6.07 Å². The molecule has 6 nitrogen and oxygen atoms in total. The molecule has 0 heterocycles. The number of non-ortho nitro benzene ring substituents is 1. The zero-order chi connectivity index (χ0) is 15.4. The van der Waals surface area contributed by atoms with E-state index in [1.807, 2.05) is 0 Å². The number of nitro groups is 1. The minimum absolute atomic E-state index is 0.181. The van der Waals surface area contributed by atoms with Crippen molar-refractivity contribution in [2.24, 2.45) is 5.73 Å². The Morgan fingerprint density at radius 1 is 1.29 bits per heavy atom. The molecule has 3 N–H and O–H groups in total. The minimum atomic E-state index is -0.674. The van der Waals surface area contributed by atoms with Crippen LogP contribution in [0.1, 0.15) is 15.9 Å². The van der Waals surface area contributed by atoms with Gasteiger partial charge in [0.05, 0.1) is 11.0 Å². The molecule has 0 saturated carbocycles. The lowest BCUT2D eigenvalue weighted by molar-refractivity contribution is -0.385. The molecule has 2 aromatic rings. The summed E-state index contributed by atoms with van der Waals surface area (Å²) in [5.41, 5.74) is 6.23. The number of rotatable bonds is 5. The number of nitrogens with one attached hydrogen (secondary N) is 1. The number of primary amides is 1. The predicted octanol–water partition coefficient (Wildman–Crippen LogP) is 2.44. The second-order valence-corrected chi connectivity index (χ2v) is 4.37. The maximum Gasteiger partial charge on any atom is 0.272 e. The Morgan fingerprint density at radius 3 is 2.71 bits per heavy atom. The number of nitrogens with two attached hydrogens (primary N) is 1. The van der Waals surface area contributed by atoms with Gasteiger partial charge >= 0.3 is 0 Å². The van der Waals surface area contributed by atoms with E-state index in [9.17, 15) is 19.3 Å². The summed E-state index contributed by atoms with van der Waals surface area (Å²) in [5.74, 6) is -1.23. The third-order valence-electron chi connectivity index (χ3n) is 2.80. The van der Waals surface area contributed by atoms with Crippen molar-refractivity contribution in [1.82, 2.24) is 0 Å². The second-order valence-electron chi connectivity index (χ2n) is 4.37. The number of nitrogens with zero attached hydrogens (tertiary/aromatic N) is 1. The Hall–Kier alpha value is -2.96. The number of benzene rings is 2. The summed E-state index contributed by atoms with van der Waals surface area (Å²) in [4.78, 5) is 21.1. The maximum atomic E-state index is 13.3. The van der Waals surface area contributed by atoms with Crippen LogP contribution >= 0.6 is 0 Å². The molecule has 7 heteroatoms. The van der Waals surface area contributed by atoms with E-state index in [0.29, 0.717) is 16.8 Å². The van der Waals surface area contributed by atoms with Crippen LogP contribution in [0.2, 0.25) is 0 Å². The monoisotopic (exact) mass is 289 g/mol. The Morgan fingerprint density at radius 2 is 2.05 bits per heavy atom. The first-order valence-corrected chi connectivity index (χ1v) is 6.03. The molecule has 0 radical (unpaired) electrons. The predicted molar refractivity (Wildman–Crippen MR) is 75.3 cm³/mol. The summed E-state index contributed by atoms with van der Waals surface area (Å²) in [5, 5.41) is 13.6. The average Bonchev–Trinajstić information content (AvgIpc) is 2.45. The first-order chi connectivity index (χ1) is 9.95. The first-order valence-electron chi connectivity index (χ1n) is 6.03. The molecule has 0 fully saturated rings. The highest BCUT2D eigenvalue weighted by molar-refractivity contribution is 5.93. The van der Waals surface area contributed by atoms with Crippen LogP contribution < -0.4 is 11.1 Å². The van der Waals surface area contributed by atoms with Crippen LogP contribution in [0.4, 0.5) is 15.8 Å². The second kappa shape index (κ2) is 6.00. The van der Waals surface area contributed by atoms with Gasteiger partial charge < -0.3 is 11.1 Å². The summed E-state index contributed by atoms with van der Waals surface area (Å²) in [6.07, 6.45) is 0. The molecule has 0 spiro atoms. The van der Waals surface area contributed by atoms with E-state index in [0.717, 1.165) is 6.07 Å². The van der Waals surface area contributed by atoms with Crippen molar-refractivity contribution in [3.63, 3.8) is 0 Å². The Bertz CT molecular complexity index is 704. The number of hydrogen-bond donors (Lipinski definition) is 2. The number of hydrogen-bond acceptors (Lipinski definition) is 4. The van der Waals surface area contributed by atoms with Gasteiger partial charge in [-0.25, -0.2) is 4.39 Å². The summed E-state index contributed by atoms with van der Waals surface area (Å²) >= 11 is 0. The van der Waals surface area contributed by atoms with Crippen LogP contribution in [0.5, 0.6) is 0 Å². The molecule has 0 aliphatic rings. The van der Waals surface area contributed by atoms with Gasteiger partial charge in [0.1, 0.15) is 5.82 Å². The van der Waals surface area contributed by atoms with Crippen molar-refractivity contribution in [3.05, 3.63) is 69.5 Å². The van der Waals surface area contributed by atoms with E-state index in [2.05, 4.69) is 5.32 Å². The quantitative estimate of drug-likeness (QED) is 0.652. The molecular weight excluding hydrogens is 277 g/mol. The molecule has 0 aromatic heterocycles. The Kier molecular flexibility index (Phi) is 4.13. The fourth-order valence-corrected chi connectivity index (χ4v) is 1.83. The third-order valence-corrected chi connectivity index (χ3v) is 2.80. The standard InChI is InChI=1S/C14H12FN3O3/c15-11-4-9(5-13(7-11)18(20)21)8-17-12-3-1-2-10(6-12)14(16)19/h1-7,17H,8H2,(H2,16,19). The van der Waals surface area contributed by atoms with E-state index < -0.39 is 16.6 Å². The molecular formula is C14H12FN3O3. The van der Waals surface area contributed by atoms with Crippen molar-refractivity contribution in [2.45, 2.75) is 6.54 Å². The highest BCUT2D eigenvalue weighted by Crippen LogP contribution is 2.18. The number of nitro benzene ring substituents is 1. The summed E-state index contributed by atoms with van der Waals surface area (Å²) in [7, 11) is 0. The van der Waals surface area contributed by atoms with Crippen LogP contribution in [0, 0.1) is 15.9 Å². The topological polar surface area (TPSA) is 98.3 Å². The lowest BCUT2D eigenvalue weighted by Crippen LogP contribution is -2.11. The van der Waals surface area contributed by atoms with Gasteiger partial charge in [-0.15, -0.1) is 0 Å². The van der Waals surface area contributed by atoms with Crippen molar-refractivity contribution >= 4 is 17.3 Å². The van der Waals surface area contributed by atoms with Crippen molar-refractivity contribution in [1.29, 1.82) is 0 Å². The third kappa shape index (κ3) is 3.75. The molecule has 0 saturated heterocycles. The number of carbonyl (C=O) groups excluding carboxylic acids is 1. The SMILES string of the molecule is NC(=O)c1cccc(NCc2cc(F)cc([N+](=O)[O-])c2)c1. The van der Waals surface area contributed by atoms with Crippen LogP contribution in [0.15, 0.2) is 42.5 Å². The van der Waals surface area contributed by atoms with Gasteiger partial charge in [0.2, 0.25) is 5.91 Å². The number of anilines is 1. The molecule has 0 bridgehead atoms. The van der Waals surface area contributed by atoms with Gasteiger partial charge in [-0.05, 0) is 29.8 Å². The van der Waals surface area contributed by atoms with Crippen molar-refractivity contribution in [2.75, 3.05) is 5.32 Å². The zero-order valence-corrected chi connectivity index (χ0v) is 10.9. The normalized spacial score (nSPS) is 10.1. The van der Waals surface area contributed by atoms with Crippen LogP contribution in [0.25, 0.3) is 0 Å². The number of halogens is 1. The van der Waals surface area contributed by atoms with Crippen LogP contribution in [0.3, 0.4) is 0 Å². The molecule has 108 valence electrons. The molecule has 21 heavy (non-hydrogen) atoms. The van der Waals surface area contributed by atoms with Gasteiger partial charge in [0.15, 0.2) is 0 Å². The molecule has 2 aromatic carbocycles. The largest absolute Gasteiger partial charge is 0.381 e. The smallest absolute Gasteiger partial charge is 0.272 e. The van der Waals surface area contributed by atoms with Gasteiger partial charge in [0.25, 0.3) is 5.69 Å². The first kappa shape index (κ1) is 14.4. The van der Waals surface area contributed by atoms with Crippen molar-refractivity contribution < 1.29 is 14.1 Å².